The van der Waals surface area contributed by atoms with E-state index in [0.717, 1.165) is 13.1 Å². The molecule has 0 aliphatic carbocycles. The number of amides is 1. The zero-order valence-electron chi connectivity index (χ0n) is 12.7. The summed E-state index contributed by atoms with van der Waals surface area (Å²) < 4.78 is 10.6. The standard InChI is InChI=1S/C18H18N2O3/c21-18(19-14-5-8-16-17(11-14)23-12-22-16)13-3-6-15(7-4-13)20-9-1-2-10-20/h3-8,11H,1-2,9-10,12H2,(H,19,21). The number of carbonyl (C=O) groups excluding carboxylic acids is 1. The van der Waals surface area contributed by atoms with Crippen LogP contribution in [0.2, 0.25) is 0 Å². The Kier molecular flexibility index (Phi) is 3.54. The molecule has 2 aliphatic heterocycles. The number of anilines is 2. The maximum Gasteiger partial charge on any atom is 0.255 e. The second kappa shape index (κ2) is 5.83. The van der Waals surface area contributed by atoms with Gasteiger partial charge in [-0.05, 0) is 49.2 Å². The molecule has 4 rings (SSSR count). The van der Waals surface area contributed by atoms with Crippen LogP contribution in [-0.2, 0) is 0 Å². The Bertz CT molecular complexity index is 722. The van der Waals surface area contributed by atoms with Crippen molar-refractivity contribution in [3.05, 3.63) is 48.0 Å². The van der Waals surface area contributed by atoms with Crippen LogP contribution in [0.1, 0.15) is 23.2 Å². The zero-order valence-corrected chi connectivity index (χ0v) is 12.7. The van der Waals surface area contributed by atoms with Crippen LogP contribution in [0, 0.1) is 0 Å². The smallest absolute Gasteiger partial charge is 0.255 e. The first-order chi connectivity index (χ1) is 11.3. The fourth-order valence-electron chi connectivity index (χ4n) is 2.98. The first kappa shape index (κ1) is 13.9. The third kappa shape index (κ3) is 2.82. The molecule has 1 amide bonds. The highest BCUT2D eigenvalue weighted by Gasteiger charge is 2.15. The Hall–Kier alpha value is -2.69. The highest BCUT2D eigenvalue weighted by molar-refractivity contribution is 6.04. The van der Waals surface area contributed by atoms with Gasteiger partial charge in [-0.2, -0.15) is 0 Å². The largest absolute Gasteiger partial charge is 0.454 e. The minimum absolute atomic E-state index is 0.128. The van der Waals surface area contributed by atoms with Crippen LogP contribution >= 0.6 is 0 Å². The predicted octanol–water partition coefficient (Wildman–Crippen LogP) is 3.27. The molecule has 0 saturated carbocycles. The second-order valence-corrected chi connectivity index (χ2v) is 5.76. The van der Waals surface area contributed by atoms with Crippen LogP contribution in [0.4, 0.5) is 11.4 Å². The van der Waals surface area contributed by atoms with Crippen molar-refractivity contribution in [1.82, 2.24) is 0 Å². The van der Waals surface area contributed by atoms with Gasteiger partial charge in [-0.3, -0.25) is 4.79 Å². The van der Waals surface area contributed by atoms with E-state index in [1.54, 1.807) is 12.1 Å². The quantitative estimate of drug-likeness (QED) is 0.945. The molecular weight excluding hydrogens is 292 g/mol. The Labute approximate surface area is 134 Å². The maximum atomic E-state index is 12.4. The monoisotopic (exact) mass is 310 g/mol. The molecule has 2 heterocycles. The Morgan fingerprint density at radius 3 is 2.48 bits per heavy atom. The molecule has 1 N–H and O–H groups in total. The average molecular weight is 310 g/mol. The average Bonchev–Trinajstić information content (AvgIpc) is 3.26. The van der Waals surface area contributed by atoms with Crippen LogP contribution in [0.3, 0.4) is 0 Å². The minimum Gasteiger partial charge on any atom is -0.454 e. The highest BCUT2D eigenvalue weighted by atomic mass is 16.7. The number of carbonyl (C=O) groups is 1. The van der Waals surface area contributed by atoms with Gasteiger partial charge in [0.05, 0.1) is 0 Å². The van der Waals surface area contributed by atoms with Gasteiger partial charge < -0.3 is 19.7 Å². The zero-order chi connectivity index (χ0) is 15.6. The fraction of sp³-hybridized carbons (Fsp3) is 0.278. The molecule has 0 radical (unpaired) electrons. The lowest BCUT2D eigenvalue weighted by Gasteiger charge is -2.17. The van der Waals surface area contributed by atoms with E-state index in [0.29, 0.717) is 22.7 Å². The number of hydrogen-bond donors (Lipinski definition) is 1. The number of rotatable bonds is 3. The van der Waals surface area contributed by atoms with Gasteiger partial charge in [-0.15, -0.1) is 0 Å². The van der Waals surface area contributed by atoms with Crippen molar-refractivity contribution in [2.24, 2.45) is 0 Å². The van der Waals surface area contributed by atoms with Gasteiger partial charge in [-0.1, -0.05) is 0 Å². The van der Waals surface area contributed by atoms with Crippen molar-refractivity contribution in [1.29, 1.82) is 0 Å². The Morgan fingerprint density at radius 1 is 0.957 bits per heavy atom. The number of ether oxygens (including phenoxy) is 2. The van der Waals surface area contributed by atoms with Gasteiger partial charge in [0, 0.05) is 36.1 Å². The van der Waals surface area contributed by atoms with E-state index in [9.17, 15) is 4.79 Å². The van der Waals surface area contributed by atoms with Gasteiger partial charge in [0.2, 0.25) is 6.79 Å². The molecule has 2 aromatic carbocycles. The third-order valence-corrected chi connectivity index (χ3v) is 4.23. The lowest BCUT2D eigenvalue weighted by Crippen LogP contribution is -2.18. The van der Waals surface area contributed by atoms with Gasteiger partial charge in [0.15, 0.2) is 11.5 Å². The molecule has 23 heavy (non-hydrogen) atoms. The van der Waals surface area contributed by atoms with Crippen molar-refractivity contribution >= 4 is 17.3 Å². The molecule has 0 unspecified atom stereocenters. The summed E-state index contributed by atoms with van der Waals surface area (Å²) in [6.07, 6.45) is 2.48. The maximum absolute atomic E-state index is 12.4. The lowest BCUT2D eigenvalue weighted by molar-refractivity contribution is 0.102. The molecule has 5 nitrogen and oxygen atoms in total. The van der Waals surface area contributed by atoms with E-state index in [1.807, 2.05) is 30.3 Å². The first-order valence-corrected chi connectivity index (χ1v) is 7.86. The van der Waals surface area contributed by atoms with E-state index in [4.69, 9.17) is 9.47 Å². The second-order valence-electron chi connectivity index (χ2n) is 5.76. The van der Waals surface area contributed by atoms with Gasteiger partial charge >= 0.3 is 0 Å². The summed E-state index contributed by atoms with van der Waals surface area (Å²) in [5.74, 6) is 1.24. The van der Waals surface area contributed by atoms with Gasteiger partial charge in [0.1, 0.15) is 0 Å². The van der Waals surface area contributed by atoms with Crippen LogP contribution in [0.15, 0.2) is 42.5 Å². The van der Waals surface area contributed by atoms with Crippen molar-refractivity contribution in [3.8, 4) is 11.5 Å². The number of fused-ring (bicyclic) bond motifs is 1. The Balaban J connectivity index is 1.46. The normalized spacial score (nSPS) is 15.7. The lowest BCUT2D eigenvalue weighted by atomic mass is 10.1. The van der Waals surface area contributed by atoms with Crippen molar-refractivity contribution in [2.75, 3.05) is 30.1 Å². The van der Waals surface area contributed by atoms with Gasteiger partial charge in [0.25, 0.3) is 5.91 Å². The molecule has 0 spiro atoms. The summed E-state index contributed by atoms with van der Waals surface area (Å²) in [6.45, 7) is 2.43. The van der Waals surface area contributed by atoms with Crippen LogP contribution in [0.5, 0.6) is 11.5 Å². The minimum atomic E-state index is -0.128. The Morgan fingerprint density at radius 2 is 1.70 bits per heavy atom. The number of benzene rings is 2. The molecule has 1 fully saturated rings. The summed E-state index contributed by atoms with van der Waals surface area (Å²) in [6, 6.07) is 13.2. The van der Waals surface area contributed by atoms with Crippen LogP contribution < -0.4 is 19.7 Å². The summed E-state index contributed by atoms with van der Waals surface area (Å²) in [4.78, 5) is 14.7. The summed E-state index contributed by atoms with van der Waals surface area (Å²) in [5.41, 5.74) is 2.52. The number of nitrogens with zero attached hydrogens (tertiary/aromatic N) is 1. The fourth-order valence-corrected chi connectivity index (χ4v) is 2.98. The third-order valence-electron chi connectivity index (χ3n) is 4.23. The molecule has 118 valence electrons. The molecule has 0 aromatic heterocycles. The number of nitrogens with one attached hydrogen (secondary N) is 1. The molecular formula is C18H18N2O3. The SMILES string of the molecule is O=C(Nc1ccc2c(c1)OCO2)c1ccc(N2CCCC2)cc1. The molecule has 0 atom stereocenters. The molecule has 0 bridgehead atoms. The summed E-state index contributed by atoms with van der Waals surface area (Å²) in [7, 11) is 0. The summed E-state index contributed by atoms with van der Waals surface area (Å²) >= 11 is 0. The van der Waals surface area contributed by atoms with E-state index >= 15 is 0 Å². The van der Waals surface area contributed by atoms with Crippen LogP contribution in [0.25, 0.3) is 0 Å². The molecule has 1 saturated heterocycles. The van der Waals surface area contributed by atoms with Crippen molar-refractivity contribution in [2.45, 2.75) is 12.8 Å². The molecule has 2 aromatic rings. The van der Waals surface area contributed by atoms with Crippen molar-refractivity contribution in [3.63, 3.8) is 0 Å². The van der Waals surface area contributed by atoms with Crippen molar-refractivity contribution < 1.29 is 14.3 Å². The van der Waals surface area contributed by atoms with E-state index in [2.05, 4.69) is 10.2 Å². The van der Waals surface area contributed by atoms with E-state index in [1.165, 1.54) is 18.5 Å². The summed E-state index contributed by atoms with van der Waals surface area (Å²) in [5, 5.41) is 2.89. The van der Waals surface area contributed by atoms with Gasteiger partial charge in [-0.25, -0.2) is 0 Å². The predicted molar refractivity (Wildman–Crippen MR) is 88.4 cm³/mol. The van der Waals surface area contributed by atoms with E-state index < -0.39 is 0 Å². The van der Waals surface area contributed by atoms with Crippen LogP contribution in [-0.4, -0.2) is 25.8 Å². The van der Waals surface area contributed by atoms with E-state index in [-0.39, 0.29) is 12.7 Å². The number of hydrogen-bond acceptors (Lipinski definition) is 4. The highest BCUT2D eigenvalue weighted by Crippen LogP contribution is 2.34. The molecule has 2 aliphatic rings. The molecule has 5 heteroatoms. The topological polar surface area (TPSA) is 50.8 Å². The first-order valence-electron chi connectivity index (χ1n) is 7.86.